The van der Waals surface area contributed by atoms with E-state index in [4.69, 9.17) is 4.42 Å². The molecule has 11 aromatic rings. The van der Waals surface area contributed by atoms with Gasteiger partial charge in [-0.25, -0.2) is 0 Å². The lowest BCUT2D eigenvalue weighted by Gasteiger charge is -2.18. The standard InChI is InChI=1S/C61H37NO/c1-3-14-47-45(12-1)52-20-10-18-50-42(25-27-54(47)59(50)52)38-30-36(31-39(34-38)43-26-28-55-48-15-4-2-13-46(48)53-21-11-19-51(43)60(53)55)37-32-40(35-41(33-37)57-23-7-8-29-62-57)44-17-9-22-56-49-16-5-6-24-58(49)63-61(44)56/h1-28,30-35,62H,29H2. The maximum atomic E-state index is 6.66. The highest BCUT2D eigenvalue weighted by Crippen LogP contribution is 2.52. The van der Waals surface area contributed by atoms with E-state index in [0.717, 1.165) is 62.0 Å². The number of para-hydroxylation sites is 2. The molecular formula is C61H37NO. The summed E-state index contributed by atoms with van der Waals surface area (Å²) in [6, 6.07) is 69.9. The average Bonchev–Trinajstić information content (AvgIpc) is 4.01. The zero-order valence-corrected chi connectivity index (χ0v) is 34.2. The molecule has 0 spiro atoms. The maximum absolute atomic E-state index is 6.66. The van der Waals surface area contributed by atoms with Crippen LogP contribution in [0.3, 0.4) is 0 Å². The lowest BCUT2D eigenvalue weighted by Crippen LogP contribution is -2.14. The van der Waals surface area contributed by atoms with Crippen LogP contribution < -0.4 is 5.32 Å². The van der Waals surface area contributed by atoms with Gasteiger partial charge in [0.25, 0.3) is 0 Å². The molecule has 1 aliphatic heterocycles. The summed E-state index contributed by atoms with van der Waals surface area (Å²) in [7, 11) is 0. The highest BCUT2D eigenvalue weighted by atomic mass is 16.3. The molecule has 292 valence electrons. The van der Waals surface area contributed by atoms with E-state index < -0.39 is 0 Å². The predicted octanol–water partition coefficient (Wildman–Crippen LogP) is 16.4. The van der Waals surface area contributed by atoms with E-state index in [1.807, 2.05) is 6.07 Å². The van der Waals surface area contributed by atoms with E-state index in [0.29, 0.717) is 0 Å². The van der Waals surface area contributed by atoms with Gasteiger partial charge in [-0.3, -0.25) is 0 Å². The molecule has 0 amide bonds. The van der Waals surface area contributed by atoms with Crippen LogP contribution in [-0.2, 0) is 0 Å². The van der Waals surface area contributed by atoms with Crippen molar-refractivity contribution in [3.05, 3.63) is 212 Å². The number of dihydropyridines is 1. The van der Waals surface area contributed by atoms with Gasteiger partial charge in [-0.05, 0) is 159 Å². The zero-order chi connectivity index (χ0) is 41.2. The molecule has 10 aromatic carbocycles. The van der Waals surface area contributed by atoms with Crippen molar-refractivity contribution < 1.29 is 4.42 Å². The van der Waals surface area contributed by atoms with Gasteiger partial charge in [-0.2, -0.15) is 0 Å². The minimum atomic E-state index is 0.786. The van der Waals surface area contributed by atoms with Gasteiger partial charge in [0.15, 0.2) is 0 Å². The smallest absolute Gasteiger partial charge is 0.143 e. The third kappa shape index (κ3) is 5.07. The summed E-state index contributed by atoms with van der Waals surface area (Å²) in [4.78, 5) is 0. The Morgan fingerprint density at radius 1 is 0.333 bits per heavy atom. The highest BCUT2D eigenvalue weighted by molar-refractivity contribution is 6.21. The minimum absolute atomic E-state index is 0.786. The van der Waals surface area contributed by atoms with Crippen molar-refractivity contribution in [1.82, 2.24) is 5.32 Å². The number of rotatable bonds is 5. The Hall–Kier alpha value is -8.20. The van der Waals surface area contributed by atoms with Crippen LogP contribution in [0.5, 0.6) is 0 Å². The Kier molecular flexibility index (Phi) is 7.20. The van der Waals surface area contributed by atoms with Gasteiger partial charge in [0.05, 0.1) is 0 Å². The number of hydrogen-bond donors (Lipinski definition) is 1. The van der Waals surface area contributed by atoms with Crippen LogP contribution in [0.25, 0.3) is 138 Å². The molecule has 2 aliphatic carbocycles. The molecule has 2 heteroatoms. The molecule has 2 nitrogen and oxygen atoms in total. The molecule has 3 aliphatic rings. The molecule has 2 heterocycles. The Labute approximate surface area is 364 Å². The Morgan fingerprint density at radius 2 is 0.762 bits per heavy atom. The van der Waals surface area contributed by atoms with Crippen LogP contribution in [0.1, 0.15) is 5.56 Å². The monoisotopic (exact) mass is 799 g/mol. The largest absolute Gasteiger partial charge is 0.455 e. The van der Waals surface area contributed by atoms with Crippen LogP contribution in [0.4, 0.5) is 0 Å². The van der Waals surface area contributed by atoms with Gasteiger partial charge in [0.1, 0.15) is 11.2 Å². The van der Waals surface area contributed by atoms with Gasteiger partial charge < -0.3 is 9.73 Å². The van der Waals surface area contributed by atoms with Crippen LogP contribution in [-0.4, -0.2) is 6.54 Å². The molecule has 0 unspecified atom stereocenters. The van der Waals surface area contributed by atoms with Crippen molar-refractivity contribution >= 4 is 49.2 Å². The second-order valence-electron chi connectivity index (χ2n) is 17.1. The summed E-state index contributed by atoms with van der Waals surface area (Å²) in [5.41, 5.74) is 23.9. The quantitative estimate of drug-likeness (QED) is 0.188. The van der Waals surface area contributed by atoms with E-state index in [1.165, 1.54) is 88.3 Å². The number of nitrogens with one attached hydrogen (secondary N) is 1. The van der Waals surface area contributed by atoms with Gasteiger partial charge in [-0.15, -0.1) is 0 Å². The number of furan rings is 1. The minimum Gasteiger partial charge on any atom is -0.455 e. The SMILES string of the molecule is C1=CCNC(c2cc(-c3cc(-c4ccc5c6c(cccc46)-c4ccccc4-5)cc(-c4ccc5c6c(cccc46)-c4ccccc4-5)c3)cc(-c3cccc4c3oc3ccccc34)c2)=C1. The first-order valence-electron chi connectivity index (χ1n) is 21.9. The fourth-order valence-corrected chi connectivity index (χ4v) is 11.0. The highest BCUT2D eigenvalue weighted by Gasteiger charge is 2.25. The van der Waals surface area contributed by atoms with Crippen molar-refractivity contribution in [2.75, 3.05) is 6.54 Å². The molecule has 63 heavy (non-hydrogen) atoms. The van der Waals surface area contributed by atoms with Crippen LogP contribution in [0.2, 0.25) is 0 Å². The first kappa shape index (κ1) is 34.5. The molecule has 0 fully saturated rings. The Bertz CT molecular complexity index is 3650. The van der Waals surface area contributed by atoms with E-state index in [2.05, 4.69) is 206 Å². The van der Waals surface area contributed by atoms with Gasteiger partial charge in [0, 0.05) is 28.6 Å². The normalized spacial score (nSPS) is 13.2. The molecule has 0 atom stereocenters. The summed E-state index contributed by atoms with van der Waals surface area (Å²) >= 11 is 0. The molecule has 0 saturated carbocycles. The van der Waals surface area contributed by atoms with E-state index in [-0.39, 0.29) is 0 Å². The number of allylic oxidation sites excluding steroid dienone is 2. The molecule has 1 aromatic heterocycles. The van der Waals surface area contributed by atoms with Gasteiger partial charge >= 0.3 is 0 Å². The molecule has 14 rings (SSSR count). The molecular weight excluding hydrogens is 763 g/mol. The number of fused-ring (bicyclic) bond motifs is 9. The third-order valence-corrected chi connectivity index (χ3v) is 13.8. The zero-order valence-electron chi connectivity index (χ0n) is 34.2. The molecule has 0 bridgehead atoms. The molecule has 1 N–H and O–H groups in total. The van der Waals surface area contributed by atoms with Gasteiger partial charge in [0.2, 0.25) is 0 Å². The lowest BCUT2D eigenvalue weighted by molar-refractivity contribution is 0.670. The topological polar surface area (TPSA) is 25.2 Å². The van der Waals surface area contributed by atoms with Crippen LogP contribution in [0.15, 0.2) is 211 Å². The fourth-order valence-electron chi connectivity index (χ4n) is 11.0. The summed E-state index contributed by atoms with van der Waals surface area (Å²) in [5, 5.41) is 11.1. The molecule has 0 saturated heterocycles. The van der Waals surface area contributed by atoms with E-state index >= 15 is 0 Å². The van der Waals surface area contributed by atoms with E-state index in [1.54, 1.807) is 0 Å². The summed E-state index contributed by atoms with van der Waals surface area (Å²) in [6.07, 6.45) is 6.50. The van der Waals surface area contributed by atoms with Crippen molar-refractivity contribution in [2.24, 2.45) is 0 Å². The first-order chi connectivity index (χ1) is 31.2. The fraction of sp³-hybridized carbons (Fsp3) is 0.0164. The van der Waals surface area contributed by atoms with Crippen molar-refractivity contribution in [1.29, 1.82) is 0 Å². The average molecular weight is 800 g/mol. The van der Waals surface area contributed by atoms with Crippen molar-refractivity contribution in [2.45, 2.75) is 0 Å². The third-order valence-electron chi connectivity index (χ3n) is 13.8. The molecule has 0 radical (unpaired) electrons. The second kappa shape index (κ2) is 13.1. The Balaban J connectivity index is 1.04. The number of benzene rings is 10. The number of hydrogen-bond acceptors (Lipinski definition) is 2. The van der Waals surface area contributed by atoms with Crippen LogP contribution in [0, 0.1) is 0 Å². The summed E-state index contributed by atoms with van der Waals surface area (Å²) in [6.45, 7) is 0.786. The Morgan fingerprint density at radius 3 is 1.35 bits per heavy atom. The van der Waals surface area contributed by atoms with Crippen molar-refractivity contribution in [3.63, 3.8) is 0 Å². The van der Waals surface area contributed by atoms with Gasteiger partial charge in [-0.1, -0.05) is 158 Å². The second-order valence-corrected chi connectivity index (χ2v) is 17.1. The van der Waals surface area contributed by atoms with Crippen LogP contribution >= 0.6 is 0 Å². The van der Waals surface area contributed by atoms with E-state index in [9.17, 15) is 0 Å². The summed E-state index contributed by atoms with van der Waals surface area (Å²) in [5.74, 6) is 0. The predicted molar refractivity (Wildman–Crippen MR) is 264 cm³/mol. The lowest BCUT2D eigenvalue weighted by atomic mass is 9.87. The maximum Gasteiger partial charge on any atom is 0.143 e. The summed E-state index contributed by atoms with van der Waals surface area (Å²) < 4.78 is 6.66. The van der Waals surface area contributed by atoms with Crippen molar-refractivity contribution in [3.8, 4) is 89.0 Å². The first-order valence-corrected chi connectivity index (χ1v) is 21.9.